The number of urea groups is 1. The third-order valence-electron chi connectivity index (χ3n) is 4.79. The Kier molecular flexibility index (Phi) is 4.94. The largest absolute Gasteiger partial charge is 0.405 e. The van der Waals surface area contributed by atoms with Gasteiger partial charge in [-0.15, -0.1) is 0 Å². The molecule has 150 valence electrons. The molecular weight excluding hydrogens is 363 g/mol. The van der Waals surface area contributed by atoms with E-state index in [9.17, 15) is 18.0 Å². The van der Waals surface area contributed by atoms with Crippen LogP contribution in [0.25, 0.3) is 11.2 Å². The van der Waals surface area contributed by atoms with Crippen molar-refractivity contribution in [1.29, 1.82) is 10.8 Å². The predicted molar refractivity (Wildman–Crippen MR) is 95.6 cm³/mol. The number of alkyl halides is 3. The highest BCUT2D eigenvalue weighted by Crippen LogP contribution is 2.28. The van der Waals surface area contributed by atoms with E-state index >= 15 is 0 Å². The molecule has 1 aliphatic heterocycles. The normalized spacial score (nSPS) is 20.2. The lowest BCUT2D eigenvalue weighted by molar-refractivity contribution is -0.123. The Morgan fingerprint density at radius 2 is 2.22 bits per heavy atom. The SMILES string of the molecule is CC[C@@H]1CN(C(=O)NCC(F)(F)F)C[C@@H]1C(=N)n1c(=N)cnc2[nH]ccc21.[HH].[HH]. The molecular formula is C16H24F3N7O. The van der Waals surface area contributed by atoms with Crippen molar-refractivity contribution in [2.45, 2.75) is 19.5 Å². The molecule has 0 unspecified atom stereocenters. The van der Waals surface area contributed by atoms with E-state index in [1.54, 1.807) is 12.3 Å². The van der Waals surface area contributed by atoms with E-state index in [1.807, 2.05) is 12.2 Å². The molecule has 0 aromatic carbocycles. The number of aromatic amines is 1. The van der Waals surface area contributed by atoms with Gasteiger partial charge >= 0.3 is 12.2 Å². The fourth-order valence-electron chi connectivity index (χ4n) is 3.42. The maximum Gasteiger partial charge on any atom is 0.405 e. The van der Waals surface area contributed by atoms with Crippen LogP contribution >= 0.6 is 0 Å². The summed E-state index contributed by atoms with van der Waals surface area (Å²) in [5, 5.41) is 18.6. The number of likely N-dealkylation sites (tertiary alicyclic amines) is 1. The van der Waals surface area contributed by atoms with Crippen LogP contribution in [-0.2, 0) is 0 Å². The van der Waals surface area contributed by atoms with Gasteiger partial charge in [0.2, 0.25) is 0 Å². The lowest BCUT2D eigenvalue weighted by atomic mass is 9.92. The summed E-state index contributed by atoms with van der Waals surface area (Å²) in [6.45, 7) is 0.915. The monoisotopic (exact) mass is 387 g/mol. The number of hydrogen-bond donors (Lipinski definition) is 4. The van der Waals surface area contributed by atoms with Gasteiger partial charge < -0.3 is 15.2 Å². The maximum absolute atomic E-state index is 12.3. The van der Waals surface area contributed by atoms with Crippen LogP contribution in [0.4, 0.5) is 18.0 Å². The molecule has 27 heavy (non-hydrogen) atoms. The van der Waals surface area contributed by atoms with Crippen molar-refractivity contribution in [2.24, 2.45) is 11.8 Å². The van der Waals surface area contributed by atoms with Gasteiger partial charge in [-0.25, -0.2) is 9.78 Å². The summed E-state index contributed by atoms with van der Waals surface area (Å²) in [4.78, 5) is 20.4. The molecule has 2 amide bonds. The summed E-state index contributed by atoms with van der Waals surface area (Å²) >= 11 is 0. The van der Waals surface area contributed by atoms with Crippen molar-refractivity contribution in [3.8, 4) is 0 Å². The third-order valence-corrected chi connectivity index (χ3v) is 4.79. The first-order chi connectivity index (χ1) is 12.7. The Labute approximate surface area is 155 Å². The molecule has 2 aromatic heterocycles. The topological polar surface area (TPSA) is 114 Å². The molecule has 0 radical (unpaired) electrons. The third kappa shape index (κ3) is 3.81. The Morgan fingerprint density at radius 3 is 2.89 bits per heavy atom. The average Bonchev–Trinajstić information content (AvgIpc) is 3.24. The number of nitrogens with zero attached hydrogens (tertiary/aromatic N) is 3. The molecule has 11 heteroatoms. The van der Waals surface area contributed by atoms with Gasteiger partial charge in [0.15, 0.2) is 5.65 Å². The zero-order valence-corrected chi connectivity index (χ0v) is 14.6. The van der Waals surface area contributed by atoms with Crippen molar-refractivity contribution < 1.29 is 20.8 Å². The van der Waals surface area contributed by atoms with Crippen LogP contribution in [0.2, 0.25) is 0 Å². The van der Waals surface area contributed by atoms with Crippen molar-refractivity contribution in [3.05, 3.63) is 23.9 Å². The number of carbonyl (C=O) groups is 1. The maximum atomic E-state index is 12.3. The number of amides is 2. The van der Waals surface area contributed by atoms with Crippen LogP contribution in [-0.4, -0.2) is 57.1 Å². The smallest absolute Gasteiger partial charge is 0.345 e. The summed E-state index contributed by atoms with van der Waals surface area (Å²) in [6.07, 6.45) is -0.829. The second-order valence-electron chi connectivity index (χ2n) is 6.53. The van der Waals surface area contributed by atoms with Gasteiger partial charge in [-0.1, -0.05) is 13.3 Å². The lowest BCUT2D eigenvalue weighted by Gasteiger charge is -2.20. The number of aromatic nitrogens is 3. The zero-order valence-electron chi connectivity index (χ0n) is 14.6. The highest BCUT2D eigenvalue weighted by atomic mass is 19.4. The summed E-state index contributed by atoms with van der Waals surface area (Å²) in [5.74, 6) is -0.339. The Morgan fingerprint density at radius 1 is 1.48 bits per heavy atom. The molecule has 2 aromatic rings. The van der Waals surface area contributed by atoms with Gasteiger partial charge in [-0.05, 0) is 12.0 Å². The summed E-state index contributed by atoms with van der Waals surface area (Å²) < 4.78 is 38.4. The Hall–Kier alpha value is -2.85. The number of H-pyrrole nitrogens is 1. The number of carbonyl (C=O) groups excluding carboxylic acids is 1. The molecule has 3 heterocycles. The molecule has 4 N–H and O–H groups in total. The molecule has 1 saturated heterocycles. The fraction of sp³-hybridized carbons (Fsp3) is 0.500. The summed E-state index contributed by atoms with van der Waals surface area (Å²) in [7, 11) is 0. The van der Waals surface area contributed by atoms with E-state index in [1.165, 1.54) is 15.7 Å². The number of fused-ring (bicyclic) bond motifs is 1. The van der Waals surface area contributed by atoms with E-state index < -0.39 is 18.8 Å². The van der Waals surface area contributed by atoms with E-state index in [2.05, 4.69) is 9.97 Å². The zero-order chi connectivity index (χ0) is 19.8. The molecule has 8 nitrogen and oxygen atoms in total. The van der Waals surface area contributed by atoms with Gasteiger partial charge in [0.25, 0.3) is 0 Å². The van der Waals surface area contributed by atoms with Crippen molar-refractivity contribution in [2.75, 3.05) is 19.6 Å². The summed E-state index contributed by atoms with van der Waals surface area (Å²) in [5.41, 5.74) is 1.13. The molecule has 0 aliphatic carbocycles. The minimum atomic E-state index is -4.47. The number of rotatable bonds is 3. The van der Waals surface area contributed by atoms with Crippen LogP contribution in [0, 0.1) is 22.7 Å². The predicted octanol–water partition coefficient (Wildman–Crippen LogP) is 2.39. The first kappa shape index (κ1) is 18.9. The van der Waals surface area contributed by atoms with E-state index in [0.717, 1.165) is 0 Å². The standard InChI is InChI=1S/C16H20F3N7O.2H2/c1-2-9-6-25(15(27)24-8-16(17,18)19)7-10(9)13(21)26-11-3-4-22-14(11)23-5-12(26)20;;/h3-5,9-10,20-22H,2,6-8H2,1H3,(H,24,27);2*1H/t9-,10+;;/m1../s1. The molecule has 0 saturated carbocycles. The highest BCUT2D eigenvalue weighted by Gasteiger charge is 2.38. The molecule has 3 rings (SSSR count). The average molecular weight is 387 g/mol. The van der Waals surface area contributed by atoms with Crippen molar-refractivity contribution in [1.82, 2.24) is 24.8 Å². The van der Waals surface area contributed by atoms with Gasteiger partial charge in [0.1, 0.15) is 17.9 Å². The fourth-order valence-corrected chi connectivity index (χ4v) is 3.42. The van der Waals surface area contributed by atoms with E-state index in [4.69, 9.17) is 10.8 Å². The minimum Gasteiger partial charge on any atom is -0.345 e. The van der Waals surface area contributed by atoms with Gasteiger partial charge in [-0.2, -0.15) is 13.2 Å². The second-order valence-corrected chi connectivity index (χ2v) is 6.53. The highest BCUT2D eigenvalue weighted by molar-refractivity contribution is 5.92. The van der Waals surface area contributed by atoms with Crippen molar-refractivity contribution in [3.63, 3.8) is 0 Å². The Bertz CT molecular complexity index is 927. The first-order valence-corrected chi connectivity index (χ1v) is 8.49. The van der Waals surface area contributed by atoms with Crippen LogP contribution in [0.5, 0.6) is 0 Å². The molecule has 2 atom stereocenters. The van der Waals surface area contributed by atoms with E-state index in [0.29, 0.717) is 17.6 Å². The second kappa shape index (κ2) is 7.05. The Balaban J connectivity index is 0.00000210. The van der Waals surface area contributed by atoms with Crippen LogP contribution in [0.1, 0.15) is 16.2 Å². The number of nitrogens with one attached hydrogen (secondary N) is 4. The quantitative estimate of drug-likeness (QED) is 0.479. The van der Waals surface area contributed by atoms with Crippen LogP contribution in [0.3, 0.4) is 0 Å². The molecule has 1 aliphatic rings. The van der Waals surface area contributed by atoms with Crippen molar-refractivity contribution >= 4 is 23.0 Å². The van der Waals surface area contributed by atoms with Gasteiger partial charge in [-0.3, -0.25) is 15.4 Å². The number of hydrogen-bond acceptors (Lipinski definition) is 4. The first-order valence-electron chi connectivity index (χ1n) is 8.49. The van der Waals surface area contributed by atoms with Gasteiger partial charge in [0, 0.05) is 28.1 Å². The van der Waals surface area contributed by atoms with Gasteiger partial charge in [0.05, 0.1) is 11.7 Å². The van der Waals surface area contributed by atoms with E-state index in [-0.39, 0.29) is 39.1 Å². The summed E-state index contributed by atoms with van der Waals surface area (Å²) in [6, 6.07) is 0.914. The molecule has 0 spiro atoms. The lowest BCUT2D eigenvalue weighted by Crippen LogP contribution is -2.43. The number of halogens is 3. The molecule has 1 fully saturated rings. The van der Waals surface area contributed by atoms with Crippen LogP contribution < -0.4 is 10.8 Å². The molecule has 0 bridgehead atoms. The minimum absolute atomic E-state index is 0. The van der Waals surface area contributed by atoms with Crippen LogP contribution in [0.15, 0.2) is 18.5 Å².